The lowest BCUT2D eigenvalue weighted by atomic mass is 9.92. The van der Waals surface area contributed by atoms with Gasteiger partial charge in [-0.05, 0) is 24.6 Å². The lowest BCUT2D eigenvalue weighted by molar-refractivity contribution is -0.124. The van der Waals surface area contributed by atoms with E-state index in [4.69, 9.17) is 0 Å². The van der Waals surface area contributed by atoms with Crippen LogP contribution < -0.4 is 15.5 Å². The van der Waals surface area contributed by atoms with Crippen LogP contribution in [0, 0.1) is 5.41 Å². The molecule has 0 bridgehead atoms. The number of unbranched alkanes of at least 4 members (excludes halogenated alkanes) is 1. The van der Waals surface area contributed by atoms with Gasteiger partial charge in [0.25, 0.3) is 0 Å². The topological polar surface area (TPSA) is 78.5 Å². The first kappa shape index (κ1) is 17.0. The number of benzene rings is 1. The number of amides is 4. The van der Waals surface area contributed by atoms with Gasteiger partial charge >= 0.3 is 6.03 Å². The Balaban J connectivity index is 2.10. The van der Waals surface area contributed by atoms with Crippen molar-refractivity contribution in [3.05, 3.63) is 24.3 Å². The molecule has 2 rings (SSSR count). The van der Waals surface area contributed by atoms with Crippen LogP contribution in [0.25, 0.3) is 0 Å². The molecule has 1 aromatic rings. The molecule has 0 unspecified atom stereocenters. The Kier molecular flexibility index (Phi) is 5.03. The maximum Gasteiger partial charge on any atom is 0.319 e. The number of hydrogen-bond donors (Lipinski definition) is 2. The van der Waals surface area contributed by atoms with Crippen LogP contribution in [-0.4, -0.2) is 24.4 Å². The number of nitrogens with one attached hydrogen (secondary N) is 2. The zero-order valence-corrected chi connectivity index (χ0v) is 13.8. The first-order chi connectivity index (χ1) is 10.8. The number of urea groups is 1. The van der Waals surface area contributed by atoms with Crippen LogP contribution >= 0.6 is 0 Å². The molecule has 6 heteroatoms. The molecule has 0 saturated carbocycles. The highest BCUT2D eigenvalue weighted by molar-refractivity contribution is 6.22. The predicted octanol–water partition coefficient (Wildman–Crippen LogP) is 2.90. The number of hydrogen-bond acceptors (Lipinski definition) is 3. The number of anilines is 2. The fourth-order valence-corrected chi connectivity index (χ4v) is 2.49. The standard InChI is InChI=1S/C17H23N3O3/c1-4-5-9-18-16(23)19-12-7-6-8-13(10-12)20-14(21)11-17(2,3)15(20)22/h6-8,10H,4-5,9,11H2,1-3H3,(H2,18,19,23). The smallest absolute Gasteiger partial charge is 0.319 e. The van der Waals surface area contributed by atoms with Crippen molar-refractivity contribution in [3.63, 3.8) is 0 Å². The second kappa shape index (κ2) is 6.81. The average Bonchev–Trinajstić information content (AvgIpc) is 2.67. The summed E-state index contributed by atoms with van der Waals surface area (Å²) in [5.74, 6) is -0.434. The van der Waals surface area contributed by atoms with Gasteiger partial charge in [0, 0.05) is 18.7 Å². The molecule has 124 valence electrons. The van der Waals surface area contributed by atoms with E-state index in [0.717, 1.165) is 12.8 Å². The van der Waals surface area contributed by atoms with Crippen LogP contribution in [0.3, 0.4) is 0 Å². The molecule has 0 aromatic heterocycles. The van der Waals surface area contributed by atoms with E-state index in [9.17, 15) is 14.4 Å². The van der Waals surface area contributed by atoms with Crippen molar-refractivity contribution in [1.29, 1.82) is 0 Å². The van der Waals surface area contributed by atoms with Crippen LogP contribution in [0.5, 0.6) is 0 Å². The summed E-state index contributed by atoms with van der Waals surface area (Å²) in [6.45, 7) is 6.18. The number of carbonyl (C=O) groups excluding carboxylic acids is 3. The normalized spacial score (nSPS) is 16.6. The summed E-state index contributed by atoms with van der Waals surface area (Å²) in [5.41, 5.74) is 0.344. The monoisotopic (exact) mass is 317 g/mol. The van der Waals surface area contributed by atoms with Crippen LogP contribution in [0.1, 0.15) is 40.0 Å². The minimum atomic E-state index is -0.682. The molecule has 23 heavy (non-hydrogen) atoms. The summed E-state index contributed by atoms with van der Waals surface area (Å²) >= 11 is 0. The molecular formula is C17H23N3O3. The number of nitrogens with zero attached hydrogens (tertiary/aromatic N) is 1. The van der Waals surface area contributed by atoms with E-state index in [0.29, 0.717) is 17.9 Å². The van der Waals surface area contributed by atoms with Gasteiger partial charge < -0.3 is 10.6 Å². The summed E-state index contributed by atoms with van der Waals surface area (Å²) in [7, 11) is 0. The van der Waals surface area contributed by atoms with Gasteiger partial charge in [0.15, 0.2) is 0 Å². The van der Waals surface area contributed by atoms with Gasteiger partial charge in [-0.2, -0.15) is 0 Å². The van der Waals surface area contributed by atoms with Gasteiger partial charge in [-0.15, -0.1) is 0 Å². The first-order valence-electron chi connectivity index (χ1n) is 7.87. The second-order valence-electron chi connectivity index (χ2n) is 6.38. The van der Waals surface area contributed by atoms with E-state index >= 15 is 0 Å². The van der Waals surface area contributed by atoms with Crippen molar-refractivity contribution in [2.75, 3.05) is 16.8 Å². The Labute approximate surface area is 136 Å². The minimum Gasteiger partial charge on any atom is -0.338 e. The van der Waals surface area contributed by atoms with Gasteiger partial charge in [0.05, 0.1) is 11.1 Å². The van der Waals surface area contributed by atoms with Crippen molar-refractivity contribution in [2.45, 2.75) is 40.0 Å². The van der Waals surface area contributed by atoms with Gasteiger partial charge in [0.2, 0.25) is 11.8 Å². The molecule has 0 radical (unpaired) electrons. The zero-order valence-electron chi connectivity index (χ0n) is 13.8. The summed E-state index contributed by atoms with van der Waals surface area (Å²) in [6, 6.07) is 6.46. The van der Waals surface area contributed by atoms with Crippen molar-refractivity contribution in [1.82, 2.24) is 5.32 Å². The molecule has 1 saturated heterocycles. The summed E-state index contributed by atoms with van der Waals surface area (Å²) in [4.78, 5) is 37.4. The van der Waals surface area contributed by atoms with E-state index in [-0.39, 0.29) is 24.3 Å². The van der Waals surface area contributed by atoms with E-state index in [2.05, 4.69) is 17.6 Å². The third kappa shape index (κ3) is 3.88. The molecule has 6 nitrogen and oxygen atoms in total. The molecule has 4 amide bonds. The van der Waals surface area contributed by atoms with Gasteiger partial charge in [-0.3, -0.25) is 9.59 Å². The quantitative estimate of drug-likeness (QED) is 0.647. The molecule has 1 fully saturated rings. The molecule has 0 aliphatic carbocycles. The van der Waals surface area contributed by atoms with E-state index in [1.54, 1.807) is 38.1 Å². The maximum absolute atomic E-state index is 12.4. The molecular weight excluding hydrogens is 294 g/mol. The van der Waals surface area contributed by atoms with Crippen LogP contribution in [0.4, 0.5) is 16.2 Å². The van der Waals surface area contributed by atoms with Gasteiger partial charge in [-0.25, -0.2) is 9.69 Å². The molecule has 1 aromatic carbocycles. The average molecular weight is 317 g/mol. The number of carbonyl (C=O) groups is 3. The lowest BCUT2D eigenvalue weighted by Crippen LogP contribution is -2.33. The van der Waals surface area contributed by atoms with Crippen molar-refractivity contribution in [3.8, 4) is 0 Å². The summed E-state index contributed by atoms with van der Waals surface area (Å²) < 4.78 is 0. The van der Waals surface area contributed by atoms with Crippen molar-refractivity contribution >= 4 is 29.2 Å². The third-order valence-electron chi connectivity index (χ3n) is 3.80. The Morgan fingerprint density at radius 1 is 1.30 bits per heavy atom. The SMILES string of the molecule is CCCCNC(=O)Nc1cccc(N2C(=O)CC(C)(C)C2=O)c1. The summed E-state index contributed by atoms with van der Waals surface area (Å²) in [6.07, 6.45) is 2.12. The van der Waals surface area contributed by atoms with E-state index in [1.165, 1.54) is 4.90 Å². The van der Waals surface area contributed by atoms with Crippen LogP contribution in [0.2, 0.25) is 0 Å². The van der Waals surface area contributed by atoms with Gasteiger partial charge in [-0.1, -0.05) is 33.3 Å². The molecule has 1 heterocycles. The fourth-order valence-electron chi connectivity index (χ4n) is 2.49. The maximum atomic E-state index is 12.4. The summed E-state index contributed by atoms with van der Waals surface area (Å²) in [5, 5.41) is 5.47. The molecule has 0 spiro atoms. The van der Waals surface area contributed by atoms with E-state index in [1.807, 2.05) is 0 Å². The van der Waals surface area contributed by atoms with E-state index < -0.39 is 5.41 Å². The van der Waals surface area contributed by atoms with Crippen molar-refractivity contribution < 1.29 is 14.4 Å². The molecule has 1 aliphatic heterocycles. The van der Waals surface area contributed by atoms with Crippen LogP contribution in [0.15, 0.2) is 24.3 Å². The van der Waals surface area contributed by atoms with Crippen LogP contribution in [-0.2, 0) is 9.59 Å². The van der Waals surface area contributed by atoms with Crippen molar-refractivity contribution in [2.24, 2.45) is 5.41 Å². The number of imide groups is 1. The largest absolute Gasteiger partial charge is 0.338 e. The highest BCUT2D eigenvalue weighted by Crippen LogP contribution is 2.35. The zero-order chi connectivity index (χ0) is 17.0. The highest BCUT2D eigenvalue weighted by atomic mass is 16.2. The highest BCUT2D eigenvalue weighted by Gasteiger charge is 2.45. The first-order valence-corrected chi connectivity index (χ1v) is 7.87. The predicted molar refractivity (Wildman–Crippen MR) is 89.3 cm³/mol. The molecule has 1 aliphatic rings. The minimum absolute atomic E-state index is 0.195. The molecule has 2 N–H and O–H groups in total. The second-order valence-corrected chi connectivity index (χ2v) is 6.38. The lowest BCUT2D eigenvalue weighted by Gasteiger charge is -2.18. The Morgan fingerprint density at radius 2 is 2.04 bits per heavy atom. The Bertz CT molecular complexity index is 625. The van der Waals surface area contributed by atoms with Gasteiger partial charge in [0.1, 0.15) is 0 Å². The Hall–Kier alpha value is -2.37. The Morgan fingerprint density at radius 3 is 2.65 bits per heavy atom. The third-order valence-corrected chi connectivity index (χ3v) is 3.80. The molecule has 0 atom stereocenters. The number of rotatable bonds is 5. The fraction of sp³-hybridized carbons (Fsp3) is 0.471.